The van der Waals surface area contributed by atoms with E-state index < -0.39 is 86.7 Å². The van der Waals surface area contributed by atoms with E-state index >= 15 is 0 Å². The first-order valence-electron chi connectivity index (χ1n) is 18.6. The molecule has 13 atom stereocenters. The fourth-order valence-corrected chi connectivity index (χ4v) is 6.48. The van der Waals surface area contributed by atoms with Gasteiger partial charge >= 0.3 is 5.97 Å². The monoisotopic (exact) mass is 726 g/mol. The van der Waals surface area contributed by atoms with Gasteiger partial charge in [-0.05, 0) is 32.6 Å². The average molecular weight is 727 g/mol. The summed E-state index contributed by atoms with van der Waals surface area (Å²) in [6.07, 6.45) is -0.589. The lowest BCUT2D eigenvalue weighted by atomic mass is 9.98. The lowest BCUT2D eigenvalue weighted by Gasteiger charge is -2.41. The van der Waals surface area contributed by atoms with Gasteiger partial charge in [0.15, 0.2) is 12.6 Å². The molecule has 9 N–H and O–H groups in total. The van der Waals surface area contributed by atoms with Crippen LogP contribution in [0.1, 0.15) is 116 Å². The Labute approximate surface area is 296 Å². The smallest absolute Gasteiger partial charge is 0.308 e. The van der Waals surface area contributed by atoms with Crippen LogP contribution in [0.25, 0.3) is 0 Å². The molecule has 0 bridgehead atoms. The standard InChI is InChI=1S/C35H66O15/c1-22(38)15-11-10-14-17-23(47-34-32(44)30(42)28(40)25(20-36)49-34)16-12-8-6-4-3-5-7-9-13-18-24(19-27(39)46-2)48-35-33(45)31(43)29(41)26(21-37)50-35/h22-26,28-38,40-45H,3-21H2,1-2H3. The van der Waals surface area contributed by atoms with Gasteiger partial charge in [0.25, 0.3) is 0 Å². The van der Waals surface area contributed by atoms with E-state index in [1.54, 1.807) is 6.92 Å². The first-order valence-corrected chi connectivity index (χ1v) is 18.6. The highest BCUT2D eigenvalue weighted by Crippen LogP contribution is 2.27. The number of ether oxygens (including phenoxy) is 5. The molecule has 2 heterocycles. The summed E-state index contributed by atoms with van der Waals surface area (Å²) in [5, 5.41) is 89.5. The second kappa shape index (κ2) is 25.1. The molecule has 2 saturated heterocycles. The molecule has 0 spiro atoms. The Morgan fingerprint density at radius 1 is 0.560 bits per heavy atom. The summed E-state index contributed by atoms with van der Waals surface area (Å²) >= 11 is 0. The maximum absolute atomic E-state index is 12.0. The Hall–Kier alpha value is -1.05. The molecule has 0 aliphatic carbocycles. The van der Waals surface area contributed by atoms with E-state index in [9.17, 15) is 50.8 Å². The zero-order valence-electron chi connectivity index (χ0n) is 29.9. The number of aliphatic hydroxyl groups excluding tert-OH is 9. The van der Waals surface area contributed by atoms with Gasteiger partial charge in [-0.2, -0.15) is 0 Å². The molecular formula is C35H66O15. The van der Waals surface area contributed by atoms with Crippen molar-refractivity contribution in [3.8, 4) is 0 Å². The van der Waals surface area contributed by atoms with Crippen LogP contribution >= 0.6 is 0 Å². The largest absolute Gasteiger partial charge is 0.469 e. The van der Waals surface area contributed by atoms with Crippen molar-refractivity contribution in [1.29, 1.82) is 0 Å². The van der Waals surface area contributed by atoms with E-state index in [2.05, 4.69) is 0 Å². The molecule has 0 amide bonds. The number of hydrogen-bond donors (Lipinski definition) is 9. The Bertz CT molecular complexity index is 877. The molecule has 296 valence electrons. The lowest BCUT2D eigenvalue weighted by Crippen LogP contribution is -2.59. The maximum atomic E-state index is 12.0. The summed E-state index contributed by atoms with van der Waals surface area (Å²) in [4.78, 5) is 12.0. The molecule has 13 unspecified atom stereocenters. The van der Waals surface area contributed by atoms with Gasteiger partial charge in [0.2, 0.25) is 0 Å². The van der Waals surface area contributed by atoms with E-state index in [-0.39, 0.29) is 18.6 Å². The number of hydrogen-bond acceptors (Lipinski definition) is 15. The molecule has 2 aliphatic rings. The van der Waals surface area contributed by atoms with Crippen LogP contribution in [-0.2, 0) is 28.5 Å². The fraction of sp³-hybridized carbons (Fsp3) is 0.971. The number of rotatable bonds is 26. The number of esters is 1. The zero-order chi connectivity index (χ0) is 37.1. The third-order valence-electron chi connectivity index (χ3n) is 9.67. The SMILES string of the molecule is COC(=O)CC(CCCCCCCCCCCC(CCCCCC(C)O)OC1OC(CO)C(O)C(O)C1O)OC1OC(CO)C(O)C(O)C1O. The van der Waals surface area contributed by atoms with Gasteiger partial charge in [0, 0.05) is 0 Å². The Balaban J connectivity index is 1.68. The average Bonchev–Trinajstić information content (AvgIpc) is 3.10. The van der Waals surface area contributed by atoms with Gasteiger partial charge in [0.05, 0.1) is 45.1 Å². The molecule has 2 fully saturated rings. The third kappa shape index (κ3) is 15.9. The normalized spacial score (nSPS) is 32.1. The van der Waals surface area contributed by atoms with Gasteiger partial charge < -0.3 is 69.6 Å². The van der Waals surface area contributed by atoms with Crippen LogP contribution in [0.15, 0.2) is 0 Å². The van der Waals surface area contributed by atoms with Crippen molar-refractivity contribution >= 4 is 5.97 Å². The van der Waals surface area contributed by atoms with Crippen LogP contribution in [0.4, 0.5) is 0 Å². The summed E-state index contributed by atoms with van der Waals surface area (Å²) < 4.78 is 27.7. The molecule has 0 aromatic carbocycles. The summed E-state index contributed by atoms with van der Waals surface area (Å²) in [7, 11) is 1.27. The van der Waals surface area contributed by atoms with Crippen molar-refractivity contribution < 1.29 is 74.4 Å². The number of carbonyl (C=O) groups is 1. The lowest BCUT2D eigenvalue weighted by molar-refractivity contribution is -0.312. The van der Waals surface area contributed by atoms with Crippen LogP contribution in [-0.4, -0.2) is 152 Å². The van der Waals surface area contributed by atoms with Crippen molar-refractivity contribution in [2.45, 2.75) is 196 Å². The van der Waals surface area contributed by atoms with Crippen LogP contribution in [0.5, 0.6) is 0 Å². The zero-order valence-corrected chi connectivity index (χ0v) is 29.9. The van der Waals surface area contributed by atoms with Gasteiger partial charge in [-0.1, -0.05) is 77.0 Å². The van der Waals surface area contributed by atoms with E-state index in [1.807, 2.05) is 0 Å². The van der Waals surface area contributed by atoms with E-state index in [0.717, 1.165) is 96.3 Å². The number of aliphatic hydroxyl groups is 9. The number of methoxy groups -OCH3 is 1. The van der Waals surface area contributed by atoms with Crippen LogP contribution in [0.3, 0.4) is 0 Å². The topological polar surface area (TPSA) is 245 Å². The van der Waals surface area contributed by atoms with Crippen LogP contribution in [0.2, 0.25) is 0 Å². The minimum Gasteiger partial charge on any atom is -0.469 e. The maximum Gasteiger partial charge on any atom is 0.308 e. The molecule has 50 heavy (non-hydrogen) atoms. The minimum absolute atomic E-state index is 0.0665. The number of carbonyl (C=O) groups excluding carboxylic acids is 1. The molecule has 0 radical (unpaired) electrons. The molecule has 0 aromatic heterocycles. The first-order chi connectivity index (χ1) is 23.9. The molecule has 2 aliphatic heterocycles. The number of unbranched alkanes of at least 4 members (excludes halogenated alkanes) is 10. The summed E-state index contributed by atoms with van der Waals surface area (Å²) in [6, 6.07) is 0. The van der Waals surface area contributed by atoms with E-state index in [0.29, 0.717) is 6.42 Å². The van der Waals surface area contributed by atoms with Crippen LogP contribution < -0.4 is 0 Å². The van der Waals surface area contributed by atoms with Crippen molar-refractivity contribution in [2.24, 2.45) is 0 Å². The highest BCUT2D eigenvalue weighted by atomic mass is 16.7. The summed E-state index contributed by atoms with van der Waals surface area (Å²) in [6.45, 7) is 0.689. The first kappa shape index (κ1) is 45.1. The third-order valence-corrected chi connectivity index (χ3v) is 9.67. The summed E-state index contributed by atoms with van der Waals surface area (Å²) in [5.41, 5.74) is 0. The van der Waals surface area contributed by atoms with Crippen molar-refractivity contribution in [2.75, 3.05) is 20.3 Å². The van der Waals surface area contributed by atoms with Gasteiger partial charge in [0.1, 0.15) is 48.8 Å². The Kier molecular flexibility index (Phi) is 22.6. The Morgan fingerprint density at radius 3 is 1.32 bits per heavy atom. The summed E-state index contributed by atoms with van der Waals surface area (Å²) in [5.74, 6) is -0.487. The Morgan fingerprint density at radius 2 is 0.920 bits per heavy atom. The predicted molar refractivity (Wildman–Crippen MR) is 179 cm³/mol. The molecule has 2 rings (SSSR count). The van der Waals surface area contributed by atoms with Gasteiger partial charge in [-0.15, -0.1) is 0 Å². The van der Waals surface area contributed by atoms with Crippen molar-refractivity contribution in [3.05, 3.63) is 0 Å². The molecule has 0 aromatic rings. The minimum atomic E-state index is -1.56. The molecule has 15 nitrogen and oxygen atoms in total. The molecule has 15 heteroatoms. The van der Waals surface area contributed by atoms with Crippen molar-refractivity contribution in [1.82, 2.24) is 0 Å². The molecule has 0 saturated carbocycles. The van der Waals surface area contributed by atoms with Gasteiger partial charge in [-0.3, -0.25) is 4.79 Å². The second-order valence-electron chi connectivity index (χ2n) is 13.9. The second-order valence-corrected chi connectivity index (χ2v) is 13.9. The van der Waals surface area contributed by atoms with E-state index in [4.69, 9.17) is 23.7 Å². The van der Waals surface area contributed by atoms with Gasteiger partial charge in [-0.25, -0.2) is 0 Å². The predicted octanol–water partition coefficient (Wildman–Crippen LogP) is 0.542. The van der Waals surface area contributed by atoms with Crippen LogP contribution in [0, 0.1) is 0 Å². The van der Waals surface area contributed by atoms with Crippen molar-refractivity contribution in [3.63, 3.8) is 0 Å². The van der Waals surface area contributed by atoms with E-state index in [1.165, 1.54) is 7.11 Å². The fourth-order valence-electron chi connectivity index (χ4n) is 6.48. The molecular weight excluding hydrogens is 660 g/mol. The quantitative estimate of drug-likeness (QED) is 0.0436. The highest BCUT2D eigenvalue weighted by Gasteiger charge is 2.46. The highest BCUT2D eigenvalue weighted by molar-refractivity contribution is 5.69.